The summed E-state index contributed by atoms with van der Waals surface area (Å²) in [6.07, 6.45) is 4.20. The number of benzene rings is 3. The summed E-state index contributed by atoms with van der Waals surface area (Å²) in [6, 6.07) is 21.9. The first-order chi connectivity index (χ1) is 18.5. The normalized spacial score (nSPS) is 16.6. The Balaban J connectivity index is 0.000000181. The molecule has 0 saturated heterocycles. The maximum atomic E-state index is 13.4. The minimum atomic E-state index is -0.526. The number of hydrogen-bond donors (Lipinski definition) is 2. The number of para-hydroxylation sites is 1. The van der Waals surface area contributed by atoms with E-state index in [-0.39, 0.29) is 0 Å². The van der Waals surface area contributed by atoms with Crippen LogP contribution in [0.1, 0.15) is 42.1 Å². The van der Waals surface area contributed by atoms with Crippen LogP contribution in [0.15, 0.2) is 72.8 Å². The van der Waals surface area contributed by atoms with E-state index in [2.05, 4.69) is 15.6 Å². The van der Waals surface area contributed by atoms with Crippen LogP contribution in [0.5, 0.6) is 5.75 Å². The van der Waals surface area contributed by atoms with Crippen LogP contribution in [0.2, 0.25) is 0 Å². The SMILES string of the molecule is CCOc1ccc(-c2cc(C=O)c3ccccc3n2)cc1.CN[C@@H]1CC[C@H](NCc2ccc(F)cc2F)C1. The van der Waals surface area contributed by atoms with Crippen molar-refractivity contribution in [3.63, 3.8) is 0 Å². The Morgan fingerprint density at radius 2 is 1.76 bits per heavy atom. The third-order valence-electron chi connectivity index (χ3n) is 6.77. The average molecular weight is 518 g/mol. The summed E-state index contributed by atoms with van der Waals surface area (Å²) in [7, 11) is 1.96. The molecule has 0 spiro atoms. The van der Waals surface area contributed by atoms with Gasteiger partial charge in [-0.3, -0.25) is 4.79 Å². The summed E-state index contributed by atoms with van der Waals surface area (Å²) in [5, 5.41) is 7.44. The fraction of sp³-hybridized carbons (Fsp3) is 0.290. The van der Waals surface area contributed by atoms with Crippen molar-refractivity contribution in [1.29, 1.82) is 0 Å². The third kappa shape index (κ3) is 7.00. The van der Waals surface area contributed by atoms with Gasteiger partial charge in [0.25, 0.3) is 0 Å². The van der Waals surface area contributed by atoms with Crippen LogP contribution >= 0.6 is 0 Å². The lowest BCUT2D eigenvalue weighted by Crippen LogP contribution is -2.29. The number of nitrogens with one attached hydrogen (secondary N) is 2. The number of halogens is 2. The number of carbonyl (C=O) groups excluding carboxylic acids is 1. The summed E-state index contributed by atoms with van der Waals surface area (Å²) in [4.78, 5) is 15.9. The van der Waals surface area contributed by atoms with Crippen LogP contribution in [-0.4, -0.2) is 37.0 Å². The zero-order chi connectivity index (χ0) is 26.9. The Morgan fingerprint density at radius 3 is 2.45 bits per heavy atom. The second-order valence-corrected chi connectivity index (χ2v) is 9.30. The number of aldehydes is 1. The fourth-order valence-electron chi connectivity index (χ4n) is 4.68. The smallest absolute Gasteiger partial charge is 0.150 e. The number of aromatic nitrogens is 1. The van der Waals surface area contributed by atoms with Crippen LogP contribution in [-0.2, 0) is 6.54 Å². The van der Waals surface area contributed by atoms with E-state index in [0.29, 0.717) is 36.4 Å². The van der Waals surface area contributed by atoms with Crippen LogP contribution in [0.25, 0.3) is 22.2 Å². The minimum Gasteiger partial charge on any atom is -0.494 e. The molecule has 1 aliphatic carbocycles. The molecule has 1 fully saturated rings. The van der Waals surface area contributed by atoms with Gasteiger partial charge in [-0.15, -0.1) is 0 Å². The van der Waals surface area contributed by atoms with Gasteiger partial charge in [0, 0.05) is 46.8 Å². The van der Waals surface area contributed by atoms with Gasteiger partial charge >= 0.3 is 0 Å². The highest BCUT2D eigenvalue weighted by Crippen LogP contribution is 2.25. The van der Waals surface area contributed by atoms with Crippen molar-refractivity contribution in [3.8, 4) is 17.0 Å². The fourth-order valence-corrected chi connectivity index (χ4v) is 4.68. The molecule has 1 aromatic heterocycles. The van der Waals surface area contributed by atoms with Crippen molar-refractivity contribution in [1.82, 2.24) is 15.6 Å². The van der Waals surface area contributed by atoms with Gasteiger partial charge in [-0.05, 0) is 75.7 Å². The second kappa shape index (κ2) is 13.2. The number of ether oxygens (including phenoxy) is 1. The van der Waals surface area contributed by atoms with Crippen LogP contribution in [0.3, 0.4) is 0 Å². The maximum absolute atomic E-state index is 13.4. The summed E-state index contributed by atoms with van der Waals surface area (Å²) >= 11 is 0. The van der Waals surface area contributed by atoms with E-state index in [9.17, 15) is 13.6 Å². The molecule has 0 unspecified atom stereocenters. The predicted octanol–water partition coefficient (Wildman–Crippen LogP) is 6.31. The largest absolute Gasteiger partial charge is 0.494 e. The highest BCUT2D eigenvalue weighted by Gasteiger charge is 2.22. The lowest BCUT2D eigenvalue weighted by Gasteiger charge is -2.13. The topological polar surface area (TPSA) is 63.2 Å². The average Bonchev–Trinajstić information content (AvgIpc) is 3.41. The van der Waals surface area contributed by atoms with E-state index in [1.807, 2.05) is 68.6 Å². The maximum Gasteiger partial charge on any atom is 0.150 e. The zero-order valence-corrected chi connectivity index (χ0v) is 21.7. The van der Waals surface area contributed by atoms with Crippen molar-refractivity contribution in [2.24, 2.45) is 0 Å². The first-order valence-electron chi connectivity index (χ1n) is 12.9. The second-order valence-electron chi connectivity index (χ2n) is 9.30. The standard InChI is InChI=1S/C18H15NO2.C13H18F2N2/c1-2-21-15-9-7-13(8-10-15)18-11-14(12-20)16-5-3-4-6-17(16)19-18;1-16-11-4-5-12(7-11)17-8-9-2-3-10(14)6-13(9)15/h3-12H,2H2,1H3;2-3,6,11-12,16-17H,4-5,7-8H2,1H3/t;11-,12+/m.1/s1. The number of rotatable bonds is 8. The Kier molecular flexibility index (Phi) is 9.51. The number of fused-ring (bicyclic) bond motifs is 1. The predicted molar refractivity (Wildman–Crippen MR) is 147 cm³/mol. The van der Waals surface area contributed by atoms with Gasteiger partial charge in [0.2, 0.25) is 0 Å². The number of hydrogen-bond acceptors (Lipinski definition) is 5. The number of carbonyl (C=O) groups is 1. The molecule has 0 aliphatic heterocycles. The summed E-state index contributed by atoms with van der Waals surface area (Å²) in [5.41, 5.74) is 3.76. The Bertz CT molecular complexity index is 1360. The molecule has 0 bridgehead atoms. The Hall–Kier alpha value is -3.68. The van der Waals surface area contributed by atoms with E-state index in [1.54, 1.807) is 0 Å². The molecule has 1 saturated carbocycles. The van der Waals surface area contributed by atoms with Crippen molar-refractivity contribution < 1.29 is 18.3 Å². The highest BCUT2D eigenvalue weighted by atomic mass is 19.1. The van der Waals surface area contributed by atoms with Crippen molar-refractivity contribution in [2.45, 2.75) is 44.8 Å². The Labute approximate surface area is 222 Å². The first-order valence-corrected chi connectivity index (χ1v) is 12.9. The molecule has 0 amide bonds. The van der Waals surface area contributed by atoms with E-state index in [0.717, 1.165) is 59.5 Å². The number of nitrogens with zero attached hydrogens (tertiary/aromatic N) is 1. The molecule has 198 valence electrons. The van der Waals surface area contributed by atoms with Gasteiger partial charge in [-0.25, -0.2) is 13.8 Å². The van der Waals surface area contributed by atoms with Gasteiger partial charge in [-0.1, -0.05) is 24.3 Å². The molecule has 2 N–H and O–H groups in total. The number of pyridine rings is 1. The lowest BCUT2D eigenvalue weighted by atomic mass is 10.0. The van der Waals surface area contributed by atoms with E-state index < -0.39 is 11.6 Å². The molecule has 1 aliphatic rings. The van der Waals surface area contributed by atoms with Crippen LogP contribution in [0.4, 0.5) is 8.78 Å². The molecule has 1 heterocycles. The molecule has 0 radical (unpaired) electrons. The molecule has 2 atom stereocenters. The molecule has 5 nitrogen and oxygen atoms in total. The molecular formula is C31H33F2N3O2. The third-order valence-corrected chi connectivity index (χ3v) is 6.77. The van der Waals surface area contributed by atoms with E-state index in [4.69, 9.17) is 4.74 Å². The molecule has 4 aromatic rings. The van der Waals surface area contributed by atoms with Crippen molar-refractivity contribution in [3.05, 3.63) is 95.6 Å². The lowest BCUT2D eigenvalue weighted by molar-refractivity contribution is 0.112. The van der Waals surface area contributed by atoms with Gasteiger partial charge in [0.15, 0.2) is 6.29 Å². The Morgan fingerprint density at radius 1 is 1.00 bits per heavy atom. The monoisotopic (exact) mass is 517 g/mol. The molecule has 38 heavy (non-hydrogen) atoms. The quantitative estimate of drug-likeness (QED) is 0.268. The minimum absolute atomic E-state index is 0.428. The molecule has 7 heteroatoms. The van der Waals surface area contributed by atoms with Crippen molar-refractivity contribution >= 4 is 17.2 Å². The van der Waals surface area contributed by atoms with E-state index in [1.165, 1.54) is 12.1 Å². The summed E-state index contributed by atoms with van der Waals surface area (Å²) in [5.74, 6) is -0.166. The molecule has 3 aromatic carbocycles. The summed E-state index contributed by atoms with van der Waals surface area (Å²) in [6.45, 7) is 3.06. The van der Waals surface area contributed by atoms with E-state index >= 15 is 0 Å². The van der Waals surface area contributed by atoms with Gasteiger partial charge in [0.05, 0.1) is 17.8 Å². The highest BCUT2D eigenvalue weighted by molar-refractivity contribution is 5.98. The van der Waals surface area contributed by atoms with Crippen molar-refractivity contribution in [2.75, 3.05) is 13.7 Å². The summed E-state index contributed by atoms with van der Waals surface area (Å²) < 4.78 is 31.5. The van der Waals surface area contributed by atoms with Gasteiger partial charge in [-0.2, -0.15) is 0 Å². The van der Waals surface area contributed by atoms with Crippen LogP contribution < -0.4 is 15.4 Å². The molecular weight excluding hydrogens is 484 g/mol. The van der Waals surface area contributed by atoms with Gasteiger partial charge < -0.3 is 15.4 Å². The van der Waals surface area contributed by atoms with Crippen LogP contribution in [0, 0.1) is 11.6 Å². The molecule has 5 rings (SSSR count). The first kappa shape index (κ1) is 27.4. The zero-order valence-electron chi connectivity index (χ0n) is 21.7. The van der Waals surface area contributed by atoms with Gasteiger partial charge in [0.1, 0.15) is 17.4 Å².